The van der Waals surface area contributed by atoms with Crippen molar-refractivity contribution in [2.24, 2.45) is 0 Å². The van der Waals surface area contributed by atoms with Gasteiger partial charge in [-0.1, -0.05) is 0 Å². The lowest BCUT2D eigenvalue weighted by molar-refractivity contribution is -0.128. The summed E-state index contributed by atoms with van der Waals surface area (Å²) in [6.45, 7) is 1.14. The highest BCUT2D eigenvalue weighted by Crippen LogP contribution is 2.06. The lowest BCUT2D eigenvalue weighted by Gasteiger charge is -2.13. The van der Waals surface area contributed by atoms with E-state index in [9.17, 15) is 9.59 Å². The molecule has 1 rings (SSSR count). The minimum absolute atomic E-state index is 0.134. The van der Waals surface area contributed by atoms with E-state index in [0.717, 1.165) is 13.0 Å². The maximum Gasteiger partial charge on any atom is 0.224 e. The van der Waals surface area contributed by atoms with Gasteiger partial charge in [0.05, 0.1) is 6.67 Å². The highest BCUT2D eigenvalue weighted by Gasteiger charge is 2.18. The summed E-state index contributed by atoms with van der Waals surface area (Å²) in [6, 6.07) is 0. The molecule has 0 aromatic heterocycles. The van der Waals surface area contributed by atoms with Crippen LogP contribution in [0.4, 0.5) is 0 Å². The number of amides is 2. The molecule has 0 unspecified atom stereocenters. The minimum atomic E-state index is 0.134. The van der Waals surface area contributed by atoms with Crippen LogP contribution in [0.15, 0.2) is 0 Å². The zero-order valence-corrected chi connectivity index (χ0v) is 5.67. The Balaban J connectivity index is 2.26. The second-order valence-electron chi connectivity index (χ2n) is 2.24. The summed E-state index contributed by atoms with van der Waals surface area (Å²) < 4.78 is 0. The smallest absolute Gasteiger partial charge is 0.224 e. The highest BCUT2D eigenvalue weighted by molar-refractivity contribution is 5.78. The summed E-state index contributed by atoms with van der Waals surface area (Å²) in [4.78, 5) is 22.3. The second-order valence-corrected chi connectivity index (χ2v) is 2.24. The van der Waals surface area contributed by atoms with Crippen molar-refractivity contribution in [3.8, 4) is 0 Å². The topological polar surface area (TPSA) is 49.4 Å². The molecule has 0 radical (unpaired) electrons. The van der Waals surface area contributed by atoms with Crippen molar-refractivity contribution in [3.63, 3.8) is 0 Å². The largest absolute Gasteiger partial charge is 0.341 e. The van der Waals surface area contributed by atoms with Gasteiger partial charge in [-0.2, -0.15) is 0 Å². The molecule has 0 aliphatic carbocycles. The summed E-state index contributed by atoms with van der Waals surface area (Å²) >= 11 is 0. The Bertz CT molecular complexity index is 147. The van der Waals surface area contributed by atoms with Crippen LogP contribution in [0.1, 0.15) is 12.8 Å². The predicted molar refractivity (Wildman–Crippen MR) is 35.0 cm³/mol. The van der Waals surface area contributed by atoms with Gasteiger partial charge in [0.1, 0.15) is 0 Å². The number of hydrogen-bond donors (Lipinski definition) is 1. The monoisotopic (exact) mass is 142 g/mol. The molecule has 0 bridgehead atoms. The molecule has 0 saturated carbocycles. The van der Waals surface area contributed by atoms with E-state index in [1.54, 1.807) is 4.90 Å². The molecule has 4 nitrogen and oxygen atoms in total. The summed E-state index contributed by atoms with van der Waals surface area (Å²) in [6.07, 6.45) is 2.14. The number of rotatable bonds is 3. The van der Waals surface area contributed by atoms with Crippen LogP contribution in [0.5, 0.6) is 0 Å². The van der Waals surface area contributed by atoms with Crippen molar-refractivity contribution >= 4 is 12.3 Å². The SMILES string of the molecule is O=CNCN1CCCC1=O. The van der Waals surface area contributed by atoms with Crippen LogP contribution in [-0.2, 0) is 9.59 Å². The maximum absolute atomic E-state index is 10.9. The lowest BCUT2D eigenvalue weighted by Crippen LogP contribution is -2.34. The molecule has 0 atom stereocenters. The van der Waals surface area contributed by atoms with Crippen molar-refractivity contribution in [1.29, 1.82) is 0 Å². The van der Waals surface area contributed by atoms with Crippen molar-refractivity contribution in [1.82, 2.24) is 10.2 Å². The second kappa shape index (κ2) is 3.20. The summed E-state index contributed by atoms with van der Waals surface area (Å²) in [5.41, 5.74) is 0. The fraction of sp³-hybridized carbons (Fsp3) is 0.667. The Labute approximate surface area is 59.2 Å². The molecular formula is C6H10N2O2. The molecular weight excluding hydrogens is 132 g/mol. The van der Waals surface area contributed by atoms with Crippen LogP contribution < -0.4 is 5.32 Å². The van der Waals surface area contributed by atoms with Crippen LogP contribution >= 0.6 is 0 Å². The molecule has 1 aliphatic heterocycles. The van der Waals surface area contributed by atoms with Crippen LogP contribution in [0, 0.1) is 0 Å². The number of hydrogen-bond acceptors (Lipinski definition) is 2. The Morgan fingerprint density at radius 2 is 2.50 bits per heavy atom. The summed E-state index contributed by atoms with van der Waals surface area (Å²) in [5.74, 6) is 0.134. The van der Waals surface area contributed by atoms with E-state index in [1.807, 2.05) is 0 Å². The van der Waals surface area contributed by atoms with Gasteiger partial charge in [0, 0.05) is 13.0 Å². The first kappa shape index (κ1) is 7.05. The van der Waals surface area contributed by atoms with E-state index in [2.05, 4.69) is 5.32 Å². The van der Waals surface area contributed by atoms with Crippen LogP contribution in [0.3, 0.4) is 0 Å². The Morgan fingerprint density at radius 1 is 1.70 bits per heavy atom. The highest BCUT2D eigenvalue weighted by atomic mass is 16.2. The Kier molecular flexibility index (Phi) is 2.25. The van der Waals surface area contributed by atoms with Crippen molar-refractivity contribution < 1.29 is 9.59 Å². The van der Waals surface area contributed by atoms with E-state index < -0.39 is 0 Å². The van der Waals surface area contributed by atoms with E-state index in [-0.39, 0.29) is 5.91 Å². The Hall–Kier alpha value is -1.06. The molecule has 10 heavy (non-hydrogen) atoms. The molecule has 56 valence electrons. The Morgan fingerprint density at radius 3 is 3.00 bits per heavy atom. The minimum Gasteiger partial charge on any atom is -0.341 e. The number of likely N-dealkylation sites (tertiary alicyclic amines) is 1. The molecule has 4 heteroatoms. The van der Waals surface area contributed by atoms with Gasteiger partial charge in [0.2, 0.25) is 12.3 Å². The first-order chi connectivity index (χ1) is 4.84. The number of carbonyl (C=O) groups excluding carboxylic acids is 2. The van der Waals surface area contributed by atoms with Gasteiger partial charge in [-0.15, -0.1) is 0 Å². The predicted octanol–water partition coefficient (Wildman–Crippen LogP) is -0.688. The molecule has 0 aromatic rings. The normalized spacial score (nSPS) is 17.6. The maximum atomic E-state index is 10.9. The van der Waals surface area contributed by atoms with Gasteiger partial charge < -0.3 is 10.2 Å². The van der Waals surface area contributed by atoms with Gasteiger partial charge in [-0.05, 0) is 6.42 Å². The number of nitrogens with one attached hydrogen (secondary N) is 1. The molecule has 2 amide bonds. The third kappa shape index (κ3) is 1.46. The molecule has 0 spiro atoms. The van der Waals surface area contributed by atoms with Gasteiger partial charge in [0.15, 0.2) is 0 Å². The first-order valence-electron chi connectivity index (χ1n) is 3.29. The number of nitrogens with zero attached hydrogens (tertiary/aromatic N) is 1. The van der Waals surface area contributed by atoms with Crippen molar-refractivity contribution in [2.45, 2.75) is 12.8 Å². The molecule has 1 saturated heterocycles. The van der Waals surface area contributed by atoms with Gasteiger partial charge in [0.25, 0.3) is 0 Å². The lowest BCUT2D eigenvalue weighted by atomic mass is 10.4. The standard InChI is InChI=1S/C6H10N2O2/c9-5-7-4-8-3-1-2-6(8)10/h5H,1-4H2,(H,7,9). The number of carbonyl (C=O) groups is 2. The molecule has 1 heterocycles. The summed E-state index contributed by atoms with van der Waals surface area (Å²) in [5, 5.41) is 2.45. The average Bonchev–Trinajstić information content (AvgIpc) is 2.31. The molecule has 1 fully saturated rings. The third-order valence-corrected chi connectivity index (χ3v) is 1.54. The van der Waals surface area contributed by atoms with E-state index >= 15 is 0 Å². The van der Waals surface area contributed by atoms with Gasteiger partial charge in [-0.25, -0.2) is 0 Å². The van der Waals surface area contributed by atoms with Gasteiger partial charge >= 0.3 is 0 Å². The van der Waals surface area contributed by atoms with E-state index in [1.165, 1.54) is 0 Å². The zero-order chi connectivity index (χ0) is 7.40. The van der Waals surface area contributed by atoms with E-state index in [4.69, 9.17) is 0 Å². The summed E-state index contributed by atoms with van der Waals surface area (Å²) in [7, 11) is 0. The fourth-order valence-corrected chi connectivity index (χ4v) is 1.02. The average molecular weight is 142 g/mol. The fourth-order valence-electron chi connectivity index (χ4n) is 1.02. The van der Waals surface area contributed by atoms with Crippen LogP contribution in [0.25, 0.3) is 0 Å². The molecule has 0 aromatic carbocycles. The van der Waals surface area contributed by atoms with Crippen LogP contribution in [0.2, 0.25) is 0 Å². The van der Waals surface area contributed by atoms with Crippen molar-refractivity contribution in [2.75, 3.05) is 13.2 Å². The molecule has 1 aliphatic rings. The third-order valence-electron chi connectivity index (χ3n) is 1.54. The van der Waals surface area contributed by atoms with E-state index in [0.29, 0.717) is 19.5 Å². The zero-order valence-electron chi connectivity index (χ0n) is 5.67. The van der Waals surface area contributed by atoms with Gasteiger partial charge in [-0.3, -0.25) is 9.59 Å². The quantitative estimate of drug-likeness (QED) is 0.530. The first-order valence-corrected chi connectivity index (χ1v) is 3.29. The molecule has 1 N–H and O–H groups in total. The van der Waals surface area contributed by atoms with Crippen LogP contribution in [-0.4, -0.2) is 30.4 Å². The van der Waals surface area contributed by atoms with Crippen molar-refractivity contribution in [3.05, 3.63) is 0 Å².